The van der Waals surface area contributed by atoms with Crippen LogP contribution >= 0.6 is 27.3 Å². The van der Waals surface area contributed by atoms with E-state index in [1.165, 1.54) is 16.0 Å². The minimum absolute atomic E-state index is 0.835. The van der Waals surface area contributed by atoms with E-state index in [4.69, 9.17) is 0 Å². The van der Waals surface area contributed by atoms with Gasteiger partial charge in [-0.3, -0.25) is 0 Å². The summed E-state index contributed by atoms with van der Waals surface area (Å²) in [7, 11) is 0. The van der Waals surface area contributed by atoms with Crippen molar-refractivity contribution >= 4 is 27.3 Å². The first-order chi connectivity index (χ1) is 7.20. The molecular weight excluding hydrogens is 270 g/mol. The van der Waals surface area contributed by atoms with Gasteiger partial charge in [-0.1, -0.05) is 45.8 Å². The number of rotatable bonds is 2. The minimum Gasteiger partial charge on any atom is -0.240 e. The van der Waals surface area contributed by atoms with Crippen molar-refractivity contribution in [1.29, 1.82) is 0 Å². The molecule has 0 aliphatic rings. The average Bonchev–Trinajstić information content (AvgIpc) is 2.61. The maximum absolute atomic E-state index is 4.60. The Bertz CT molecular complexity index is 459. The lowest BCUT2D eigenvalue weighted by molar-refractivity contribution is 1.21. The van der Waals surface area contributed by atoms with Crippen molar-refractivity contribution in [3.8, 4) is 10.6 Å². The van der Waals surface area contributed by atoms with Crippen LogP contribution in [0.1, 0.15) is 16.1 Å². The SMILES string of the molecule is Cc1ccc(-c2nc(CBr)c(C)s2)cc1. The van der Waals surface area contributed by atoms with Crippen LogP contribution < -0.4 is 0 Å². The predicted molar refractivity (Wildman–Crippen MR) is 69.7 cm³/mol. The van der Waals surface area contributed by atoms with Crippen LogP contribution in [0.25, 0.3) is 10.6 Å². The normalized spacial score (nSPS) is 10.6. The lowest BCUT2D eigenvalue weighted by Gasteiger charge is -1.96. The highest BCUT2D eigenvalue weighted by molar-refractivity contribution is 9.08. The standard InChI is InChI=1S/C12H12BrNS/c1-8-3-5-10(6-4-8)12-14-11(7-13)9(2)15-12/h3-6H,7H2,1-2H3. The van der Waals surface area contributed by atoms with Crippen molar-refractivity contribution in [3.05, 3.63) is 40.4 Å². The summed E-state index contributed by atoms with van der Waals surface area (Å²) in [5, 5.41) is 1.95. The van der Waals surface area contributed by atoms with Gasteiger partial charge in [0.1, 0.15) is 5.01 Å². The Morgan fingerprint density at radius 3 is 2.40 bits per heavy atom. The quantitative estimate of drug-likeness (QED) is 0.747. The van der Waals surface area contributed by atoms with E-state index in [1.807, 2.05) is 0 Å². The van der Waals surface area contributed by atoms with E-state index in [0.717, 1.165) is 16.0 Å². The fourth-order valence-electron chi connectivity index (χ4n) is 1.37. The van der Waals surface area contributed by atoms with Crippen LogP contribution in [0.15, 0.2) is 24.3 Å². The van der Waals surface area contributed by atoms with Crippen LogP contribution in [-0.4, -0.2) is 4.98 Å². The Balaban J connectivity index is 2.41. The summed E-state index contributed by atoms with van der Waals surface area (Å²) < 4.78 is 0. The predicted octanol–water partition coefficient (Wildman–Crippen LogP) is 4.32. The van der Waals surface area contributed by atoms with Gasteiger partial charge in [0.2, 0.25) is 0 Å². The Kier molecular flexibility index (Phi) is 3.22. The Labute approximate surface area is 102 Å². The second kappa shape index (κ2) is 4.45. The monoisotopic (exact) mass is 281 g/mol. The zero-order chi connectivity index (χ0) is 10.8. The number of thiazole rings is 1. The molecule has 0 aliphatic heterocycles. The largest absolute Gasteiger partial charge is 0.240 e. The third kappa shape index (κ3) is 2.29. The maximum atomic E-state index is 4.60. The molecule has 0 fully saturated rings. The molecule has 0 aliphatic carbocycles. The van der Waals surface area contributed by atoms with E-state index in [1.54, 1.807) is 11.3 Å². The molecule has 0 atom stereocenters. The van der Waals surface area contributed by atoms with Crippen molar-refractivity contribution < 1.29 is 0 Å². The van der Waals surface area contributed by atoms with E-state index in [-0.39, 0.29) is 0 Å². The van der Waals surface area contributed by atoms with E-state index in [9.17, 15) is 0 Å². The van der Waals surface area contributed by atoms with Gasteiger partial charge in [0, 0.05) is 15.8 Å². The van der Waals surface area contributed by atoms with Gasteiger partial charge in [0.05, 0.1) is 5.69 Å². The van der Waals surface area contributed by atoms with Crippen molar-refractivity contribution in [2.24, 2.45) is 0 Å². The highest BCUT2D eigenvalue weighted by atomic mass is 79.9. The fourth-order valence-corrected chi connectivity index (χ4v) is 3.04. The van der Waals surface area contributed by atoms with Crippen LogP contribution in [0.5, 0.6) is 0 Å². The molecule has 1 aromatic carbocycles. The molecule has 0 saturated carbocycles. The minimum atomic E-state index is 0.835. The van der Waals surface area contributed by atoms with Gasteiger partial charge in [-0.15, -0.1) is 11.3 Å². The van der Waals surface area contributed by atoms with Crippen LogP contribution in [0.4, 0.5) is 0 Å². The molecule has 0 amide bonds. The fraction of sp³-hybridized carbons (Fsp3) is 0.250. The molecule has 15 heavy (non-hydrogen) atoms. The number of hydrogen-bond acceptors (Lipinski definition) is 2. The average molecular weight is 282 g/mol. The number of aryl methyl sites for hydroxylation is 2. The summed E-state index contributed by atoms with van der Waals surface area (Å²) in [6.45, 7) is 4.22. The lowest BCUT2D eigenvalue weighted by Crippen LogP contribution is -1.81. The van der Waals surface area contributed by atoms with Gasteiger partial charge in [-0.2, -0.15) is 0 Å². The highest BCUT2D eigenvalue weighted by Gasteiger charge is 2.07. The molecule has 1 aromatic heterocycles. The van der Waals surface area contributed by atoms with Gasteiger partial charge in [0.25, 0.3) is 0 Å². The molecule has 1 nitrogen and oxygen atoms in total. The van der Waals surface area contributed by atoms with Crippen LogP contribution in [-0.2, 0) is 5.33 Å². The molecule has 0 radical (unpaired) electrons. The molecule has 0 spiro atoms. The van der Waals surface area contributed by atoms with Gasteiger partial charge < -0.3 is 0 Å². The molecule has 3 heteroatoms. The zero-order valence-electron chi connectivity index (χ0n) is 8.75. The van der Waals surface area contributed by atoms with Crippen LogP contribution in [0, 0.1) is 13.8 Å². The second-order valence-corrected chi connectivity index (χ2v) is 5.29. The third-order valence-corrected chi connectivity index (χ3v) is 3.91. The van der Waals surface area contributed by atoms with E-state index < -0.39 is 0 Å². The summed E-state index contributed by atoms with van der Waals surface area (Å²) >= 11 is 5.21. The van der Waals surface area contributed by atoms with Gasteiger partial charge in [0.15, 0.2) is 0 Å². The first-order valence-corrected chi connectivity index (χ1v) is 6.74. The molecule has 0 bridgehead atoms. The molecular formula is C12H12BrNS. The number of hydrogen-bond donors (Lipinski definition) is 0. The van der Waals surface area contributed by atoms with E-state index in [0.29, 0.717) is 0 Å². The smallest absolute Gasteiger partial charge is 0.123 e. The number of nitrogens with zero attached hydrogens (tertiary/aromatic N) is 1. The Hall–Kier alpha value is -0.670. The molecule has 0 saturated heterocycles. The van der Waals surface area contributed by atoms with E-state index >= 15 is 0 Å². The Morgan fingerprint density at radius 1 is 1.20 bits per heavy atom. The maximum Gasteiger partial charge on any atom is 0.123 e. The highest BCUT2D eigenvalue weighted by Crippen LogP contribution is 2.28. The van der Waals surface area contributed by atoms with Crippen molar-refractivity contribution in [3.63, 3.8) is 0 Å². The summed E-state index contributed by atoms with van der Waals surface area (Å²) in [5.74, 6) is 0. The van der Waals surface area contributed by atoms with Gasteiger partial charge in [-0.25, -0.2) is 4.98 Å². The number of halogens is 1. The summed E-state index contributed by atoms with van der Waals surface area (Å²) in [6.07, 6.45) is 0. The molecule has 1 heterocycles. The molecule has 0 N–H and O–H groups in total. The van der Waals surface area contributed by atoms with Crippen molar-refractivity contribution in [2.45, 2.75) is 19.2 Å². The topological polar surface area (TPSA) is 12.9 Å². The Morgan fingerprint density at radius 2 is 1.87 bits per heavy atom. The molecule has 2 aromatic rings. The molecule has 0 unspecified atom stereocenters. The number of aromatic nitrogens is 1. The number of alkyl halides is 1. The summed E-state index contributed by atoms with van der Waals surface area (Å²) in [6, 6.07) is 8.51. The summed E-state index contributed by atoms with van der Waals surface area (Å²) in [5.41, 5.74) is 3.64. The number of benzene rings is 1. The second-order valence-electron chi connectivity index (χ2n) is 3.52. The zero-order valence-corrected chi connectivity index (χ0v) is 11.2. The van der Waals surface area contributed by atoms with Crippen molar-refractivity contribution in [2.75, 3.05) is 0 Å². The molecule has 78 valence electrons. The van der Waals surface area contributed by atoms with Crippen LogP contribution in [0.2, 0.25) is 0 Å². The van der Waals surface area contributed by atoms with Gasteiger partial charge >= 0.3 is 0 Å². The lowest BCUT2D eigenvalue weighted by atomic mass is 10.2. The van der Waals surface area contributed by atoms with Crippen molar-refractivity contribution in [1.82, 2.24) is 4.98 Å². The first kappa shape index (κ1) is 10.8. The molecule has 2 rings (SSSR count). The van der Waals surface area contributed by atoms with E-state index in [2.05, 4.69) is 59.0 Å². The summed E-state index contributed by atoms with van der Waals surface area (Å²) in [4.78, 5) is 5.89. The van der Waals surface area contributed by atoms with Gasteiger partial charge in [-0.05, 0) is 13.8 Å². The third-order valence-electron chi connectivity index (χ3n) is 2.32. The first-order valence-electron chi connectivity index (χ1n) is 4.80. The van der Waals surface area contributed by atoms with Crippen LogP contribution in [0.3, 0.4) is 0 Å².